The van der Waals surface area contributed by atoms with E-state index in [2.05, 4.69) is 20.7 Å². The Morgan fingerprint density at radius 2 is 2.00 bits per heavy atom. The van der Waals surface area contributed by atoms with Crippen LogP contribution in [0.4, 0.5) is 14.9 Å². The van der Waals surface area contributed by atoms with Gasteiger partial charge >= 0.3 is 6.03 Å². The molecule has 7 heteroatoms. The van der Waals surface area contributed by atoms with Gasteiger partial charge in [-0.1, -0.05) is 12.1 Å². The number of halogens is 1. The monoisotopic (exact) mass is 325 g/mol. The summed E-state index contributed by atoms with van der Waals surface area (Å²) in [7, 11) is 0. The fourth-order valence-electron chi connectivity index (χ4n) is 2.15. The maximum atomic E-state index is 12.8. The first kappa shape index (κ1) is 15.7. The number of hydrogen-bond acceptors (Lipinski definition) is 3. The zero-order chi connectivity index (χ0) is 16.8. The number of nitrogens with one attached hydrogen (secondary N) is 2. The summed E-state index contributed by atoms with van der Waals surface area (Å²) in [4.78, 5) is 16.1. The zero-order valence-electron chi connectivity index (χ0n) is 12.8. The molecule has 0 saturated heterocycles. The normalized spacial score (nSPS) is 10.4. The number of aromatic nitrogens is 3. The van der Waals surface area contributed by atoms with Crippen molar-refractivity contribution >= 4 is 11.7 Å². The third-order valence-corrected chi connectivity index (χ3v) is 3.36. The average Bonchev–Trinajstić information content (AvgIpc) is 3.12. The molecule has 1 aromatic carbocycles. The van der Waals surface area contributed by atoms with Crippen LogP contribution in [0.2, 0.25) is 0 Å². The van der Waals surface area contributed by atoms with Crippen LogP contribution in [0.1, 0.15) is 5.56 Å². The molecule has 0 aliphatic carbocycles. The van der Waals surface area contributed by atoms with Gasteiger partial charge in [-0.05, 0) is 42.3 Å². The molecule has 0 fully saturated rings. The molecule has 6 nitrogen and oxygen atoms in total. The minimum Gasteiger partial charge on any atom is -0.338 e. The number of rotatable bonds is 5. The number of nitrogens with zero attached hydrogens (tertiary/aromatic N) is 3. The van der Waals surface area contributed by atoms with E-state index in [1.165, 1.54) is 12.1 Å². The molecule has 0 aliphatic heterocycles. The summed E-state index contributed by atoms with van der Waals surface area (Å²) in [6, 6.07) is 11.2. The molecule has 2 N–H and O–H groups in total. The lowest BCUT2D eigenvalue weighted by molar-refractivity contribution is 0.252. The highest BCUT2D eigenvalue weighted by molar-refractivity contribution is 5.89. The van der Waals surface area contributed by atoms with Crippen LogP contribution in [-0.2, 0) is 6.42 Å². The first-order valence-electron chi connectivity index (χ1n) is 7.46. The van der Waals surface area contributed by atoms with Crippen LogP contribution in [0.15, 0.2) is 61.1 Å². The number of amides is 2. The van der Waals surface area contributed by atoms with Crippen LogP contribution in [0, 0.1) is 5.82 Å². The molecule has 0 unspecified atom stereocenters. The van der Waals surface area contributed by atoms with Gasteiger partial charge in [-0.3, -0.25) is 0 Å². The van der Waals surface area contributed by atoms with Gasteiger partial charge in [0, 0.05) is 18.9 Å². The number of anilines is 1. The van der Waals surface area contributed by atoms with Crippen LogP contribution < -0.4 is 10.6 Å². The molecule has 24 heavy (non-hydrogen) atoms. The van der Waals surface area contributed by atoms with E-state index in [4.69, 9.17) is 0 Å². The summed E-state index contributed by atoms with van der Waals surface area (Å²) in [5.41, 5.74) is 1.55. The fraction of sp³-hybridized carbons (Fsp3) is 0.118. The number of urea groups is 1. The number of carbonyl (C=O) groups excluding carboxylic acids is 1. The lowest BCUT2D eigenvalue weighted by Crippen LogP contribution is -2.30. The SMILES string of the molecule is O=C(NCCc1ccc(F)cc1)Nc1ccc(-n2cccn2)nc1. The molecular weight excluding hydrogens is 309 g/mol. The van der Waals surface area contributed by atoms with Gasteiger partial charge in [0.15, 0.2) is 5.82 Å². The van der Waals surface area contributed by atoms with Gasteiger partial charge < -0.3 is 10.6 Å². The molecule has 0 spiro atoms. The molecule has 122 valence electrons. The van der Waals surface area contributed by atoms with Gasteiger partial charge in [0.05, 0.1) is 11.9 Å². The Labute approximate surface area is 138 Å². The van der Waals surface area contributed by atoms with Crippen molar-refractivity contribution < 1.29 is 9.18 Å². The maximum absolute atomic E-state index is 12.8. The molecular formula is C17H16FN5O. The van der Waals surface area contributed by atoms with Crippen LogP contribution >= 0.6 is 0 Å². The molecule has 0 saturated carbocycles. The first-order valence-corrected chi connectivity index (χ1v) is 7.46. The van der Waals surface area contributed by atoms with Gasteiger partial charge in [0.2, 0.25) is 0 Å². The van der Waals surface area contributed by atoms with Crippen LogP contribution in [-0.4, -0.2) is 27.3 Å². The average molecular weight is 325 g/mol. The molecule has 0 bridgehead atoms. The summed E-state index contributed by atoms with van der Waals surface area (Å²) in [6.07, 6.45) is 5.65. The van der Waals surface area contributed by atoms with Crippen LogP contribution in [0.3, 0.4) is 0 Å². The van der Waals surface area contributed by atoms with E-state index in [1.807, 2.05) is 6.07 Å². The van der Waals surface area contributed by atoms with Crippen molar-refractivity contribution in [3.63, 3.8) is 0 Å². The van der Waals surface area contributed by atoms with E-state index in [1.54, 1.807) is 47.5 Å². The molecule has 0 atom stereocenters. The standard InChI is InChI=1S/C17H16FN5O/c18-14-4-2-13(3-5-14)8-10-19-17(24)22-15-6-7-16(20-12-15)23-11-1-9-21-23/h1-7,9,11-12H,8,10H2,(H2,19,22,24). The second-order valence-electron chi connectivity index (χ2n) is 5.11. The van der Waals surface area contributed by atoms with Crippen molar-refractivity contribution in [2.45, 2.75) is 6.42 Å². The summed E-state index contributed by atoms with van der Waals surface area (Å²) < 4.78 is 14.4. The van der Waals surface area contributed by atoms with Crippen LogP contribution in [0.25, 0.3) is 5.82 Å². The molecule has 2 amide bonds. The Morgan fingerprint density at radius 3 is 2.67 bits per heavy atom. The maximum Gasteiger partial charge on any atom is 0.319 e. The van der Waals surface area contributed by atoms with Crippen molar-refractivity contribution in [2.24, 2.45) is 0 Å². The molecule has 2 heterocycles. The van der Waals surface area contributed by atoms with E-state index in [0.717, 1.165) is 5.56 Å². The highest BCUT2D eigenvalue weighted by atomic mass is 19.1. The number of benzene rings is 1. The Hall–Kier alpha value is -3.22. The summed E-state index contributed by atoms with van der Waals surface area (Å²) in [6.45, 7) is 0.455. The van der Waals surface area contributed by atoms with Gasteiger partial charge in [-0.2, -0.15) is 5.10 Å². The molecule has 0 aliphatic rings. The molecule has 3 aromatic rings. The zero-order valence-corrected chi connectivity index (χ0v) is 12.8. The molecule has 3 rings (SSSR count). The summed E-state index contributed by atoms with van der Waals surface area (Å²) >= 11 is 0. The quantitative estimate of drug-likeness (QED) is 0.758. The lowest BCUT2D eigenvalue weighted by atomic mass is 10.1. The minimum atomic E-state index is -0.314. The lowest BCUT2D eigenvalue weighted by Gasteiger charge is -2.08. The fourth-order valence-corrected chi connectivity index (χ4v) is 2.15. The first-order chi connectivity index (χ1) is 11.7. The van der Waals surface area contributed by atoms with Crippen molar-refractivity contribution in [2.75, 3.05) is 11.9 Å². The predicted molar refractivity (Wildman–Crippen MR) is 88.5 cm³/mol. The van der Waals surface area contributed by atoms with E-state index in [9.17, 15) is 9.18 Å². The van der Waals surface area contributed by atoms with E-state index < -0.39 is 0 Å². The van der Waals surface area contributed by atoms with Gasteiger partial charge in [0.25, 0.3) is 0 Å². The smallest absolute Gasteiger partial charge is 0.319 e. The van der Waals surface area contributed by atoms with Crippen molar-refractivity contribution in [3.05, 3.63) is 72.4 Å². The Bertz CT molecular complexity index is 785. The van der Waals surface area contributed by atoms with E-state index in [-0.39, 0.29) is 11.8 Å². The van der Waals surface area contributed by atoms with E-state index >= 15 is 0 Å². The third-order valence-electron chi connectivity index (χ3n) is 3.36. The highest BCUT2D eigenvalue weighted by Crippen LogP contribution is 2.09. The Balaban J connectivity index is 1.47. The Morgan fingerprint density at radius 1 is 1.17 bits per heavy atom. The molecule has 0 radical (unpaired) electrons. The topological polar surface area (TPSA) is 71.8 Å². The minimum absolute atomic E-state index is 0.268. The Kier molecular flexibility index (Phi) is 4.81. The van der Waals surface area contributed by atoms with Crippen molar-refractivity contribution in [1.29, 1.82) is 0 Å². The van der Waals surface area contributed by atoms with Crippen molar-refractivity contribution in [1.82, 2.24) is 20.1 Å². The van der Waals surface area contributed by atoms with Gasteiger partial charge in [-0.25, -0.2) is 18.9 Å². The second kappa shape index (κ2) is 7.36. The van der Waals surface area contributed by atoms with Gasteiger partial charge in [-0.15, -0.1) is 0 Å². The summed E-state index contributed by atoms with van der Waals surface area (Å²) in [5, 5.41) is 9.54. The van der Waals surface area contributed by atoms with E-state index in [0.29, 0.717) is 24.5 Å². The number of hydrogen-bond donors (Lipinski definition) is 2. The van der Waals surface area contributed by atoms with Crippen LogP contribution in [0.5, 0.6) is 0 Å². The van der Waals surface area contributed by atoms with Crippen molar-refractivity contribution in [3.8, 4) is 5.82 Å². The highest BCUT2D eigenvalue weighted by Gasteiger charge is 2.03. The second-order valence-corrected chi connectivity index (χ2v) is 5.11. The third kappa shape index (κ3) is 4.16. The number of pyridine rings is 1. The van der Waals surface area contributed by atoms with Gasteiger partial charge in [0.1, 0.15) is 5.82 Å². The molecule has 2 aromatic heterocycles. The largest absolute Gasteiger partial charge is 0.338 e. The summed E-state index contributed by atoms with van der Waals surface area (Å²) in [5.74, 6) is 0.401. The predicted octanol–water partition coefficient (Wildman–Crippen LogP) is 2.77. The number of carbonyl (C=O) groups is 1.